The Bertz CT molecular complexity index is 232. The van der Waals surface area contributed by atoms with E-state index in [0.29, 0.717) is 0 Å². The number of nitrogens with two attached hydrogens (primary N) is 1. The van der Waals surface area contributed by atoms with Gasteiger partial charge in [-0.25, -0.2) is 0 Å². The van der Waals surface area contributed by atoms with Gasteiger partial charge in [-0.3, -0.25) is 4.90 Å². The summed E-state index contributed by atoms with van der Waals surface area (Å²) < 4.78 is 0. The maximum absolute atomic E-state index is 5.91. The second kappa shape index (κ2) is 8.23. The monoisotopic (exact) mass is 269 g/mol. The largest absolute Gasteiger partial charge is 0.330 e. The lowest BCUT2D eigenvalue weighted by Gasteiger charge is -2.41. The molecule has 0 bridgehead atoms. The van der Waals surface area contributed by atoms with Crippen LogP contribution in [0.15, 0.2) is 0 Å². The lowest BCUT2D eigenvalue weighted by atomic mass is 9.91. The van der Waals surface area contributed by atoms with E-state index in [0.717, 1.165) is 19.1 Å². The molecule has 0 atom stereocenters. The molecule has 0 aliphatic carbocycles. The van der Waals surface area contributed by atoms with Gasteiger partial charge in [0.05, 0.1) is 0 Å². The molecule has 3 nitrogen and oxygen atoms in total. The third-order valence-corrected chi connectivity index (χ3v) is 4.31. The van der Waals surface area contributed by atoms with Crippen LogP contribution >= 0.6 is 0 Å². The highest BCUT2D eigenvalue weighted by Gasteiger charge is 2.28. The van der Waals surface area contributed by atoms with Crippen molar-refractivity contribution < 1.29 is 0 Å². The summed E-state index contributed by atoms with van der Waals surface area (Å²) in [4.78, 5) is 5.32. The number of piperidine rings is 1. The quantitative estimate of drug-likeness (QED) is 0.735. The molecule has 1 fully saturated rings. The average Bonchev–Trinajstić information content (AvgIpc) is 2.39. The van der Waals surface area contributed by atoms with Gasteiger partial charge in [-0.2, -0.15) is 0 Å². The molecule has 0 saturated carbocycles. The van der Waals surface area contributed by atoms with E-state index in [2.05, 4.69) is 37.5 Å². The zero-order chi connectivity index (χ0) is 14.3. The van der Waals surface area contributed by atoms with Crippen molar-refractivity contribution in [3.05, 3.63) is 0 Å². The van der Waals surface area contributed by atoms with Gasteiger partial charge in [0.2, 0.25) is 0 Å². The summed E-state index contributed by atoms with van der Waals surface area (Å²) in [5.41, 5.74) is 6.15. The van der Waals surface area contributed by atoms with E-state index < -0.39 is 0 Å². The van der Waals surface area contributed by atoms with Gasteiger partial charge in [-0.1, -0.05) is 27.7 Å². The first-order chi connectivity index (χ1) is 9.02. The van der Waals surface area contributed by atoms with Gasteiger partial charge < -0.3 is 10.6 Å². The van der Waals surface area contributed by atoms with E-state index >= 15 is 0 Å². The normalized spacial score (nSPS) is 19.3. The highest BCUT2D eigenvalue weighted by atomic mass is 15.2. The Morgan fingerprint density at radius 1 is 1.16 bits per heavy atom. The number of hydrogen-bond donors (Lipinski definition) is 1. The molecule has 19 heavy (non-hydrogen) atoms. The average molecular weight is 269 g/mol. The Balaban J connectivity index is 2.49. The molecular weight excluding hydrogens is 234 g/mol. The van der Waals surface area contributed by atoms with Crippen LogP contribution in [0.3, 0.4) is 0 Å². The molecule has 0 unspecified atom stereocenters. The molecule has 114 valence electrons. The van der Waals surface area contributed by atoms with E-state index in [1.807, 2.05) is 0 Å². The van der Waals surface area contributed by atoms with Crippen LogP contribution < -0.4 is 5.73 Å². The third kappa shape index (κ3) is 5.80. The maximum atomic E-state index is 5.91. The molecule has 0 aromatic heterocycles. The van der Waals surface area contributed by atoms with Gasteiger partial charge in [0.25, 0.3) is 0 Å². The summed E-state index contributed by atoms with van der Waals surface area (Å²) >= 11 is 0. The molecule has 0 spiro atoms. The fourth-order valence-electron chi connectivity index (χ4n) is 3.12. The van der Waals surface area contributed by atoms with Crippen LogP contribution in [0.25, 0.3) is 0 Å². The summed E-state index contributed by atoms with van der Waals surface area (Å²) in [6, 6.07) is 0.777. The topological polar surface area (TPSA) is 32.5 Å². The minimum Gasteiger partial charge on any atom is -0.330 e. The van der Waals surface area contributed by atoms with E-state index in [9.17, 15) is 0 Å². The highest BCUT2D eigenvalue weighted by molar-refractivity contribution is 4.83. The van der Waals surface area contributed by atoms with E-state index in [4.69, 9.17) is 5.73 Å². The lowest BCUT2D eigenvalue weighted by Crippen LogP contribution is -2.49. The van der Waals surface area contributed by atoms with Crippen molar-refractivity contribution in [3.63, 3.8) is 0 Å². The van der Waals surface area contributed by atoms with Crippen molar-refractivity contribution in [2.45, 2.75) is 59.4 Å². The summed E-state index contributed by atoms with van der Waals surface area (Å²) in [7, 11) is 0. The third-order valence-electron chi connectivity index (χ3n) is 4.31. The fourth-order valence-corrected chi connectivity index (χ4v) is 3.12. The Kier molecular flexibility index (Phi) is 7.33. The van der Waals surface area contributed by atoms with Crippen molar-refractivity contribution in [3.8, 4) is 0 Å². The molecule has 1 saturated heterocycles. The van der Waals surface area contributed by atoms with Crippen molar-refractivity contribution in [1.29, 1.82) is 0 Å². The fraction of sp³-hybridized carbons (Fsp3) is 1.00. The lowest BCUT2D eigenvalue weighted by molar-refractivity contribution is 0.0779. The summed E-state index contributed by atoms with van der Waals surface area (Å²) in [6.45, 7) is 16.1. The number of hydrogen-bond acceptors (Lipinski definition) is 3. The van der Waals surface area contributed by atoms with Crippen LogP contribution in [0.4, 0.5) is 0 Å². The first-order valence-corrected chi connectivity index (χ1v) is 8.19. The van der Waals surface area contributed by atoms with E-state index in [-0.39, 0.29) is 5.41 Å². The van der Waals surface area contributed by atoms with Gasteiger partial charge in [0, 0.05) is 12.6 Å². The van der Waals surface area contributed by atoms with Crippen LogP contribution in [0.2, 0.25) is 0 Å². The summed E-state index contributed by atoms with van der Waals surface area (Å²) in [6.07, 6.45) is 5.20. The molecule has 1 heterocycles. The molecule has 2 N–H and O–H groups in total. The van der Waals surface area contributed by atoms with Crippen molar-refractivity contribution in [2.75, 3.05) is 39.3 Å². The molecule has 0 radical (unpaired) electrons. The van der Waals surface area contributed by atoms with Crippen LogP contribution in [0.1, 0.15) is 53.4 Å². The molecule has 0 aromatic rings. The predicted octanol–water partition coefficient (Wildman–Crippen LogP) is 2.56. The molecule has 0 amide bonds. The van der Waals surface area contributed by atoms with Crippen LogP contribution in [-0.2, 0) is 0 Å². The van der Waals surface area contributed by atoms with Crippen LogP contribution in [0.5, 0.6) is 0 Å². The molecule has 0 aromatic carbocycles. The zero-order valence-electron chi connectivity index (χ0n) is 13.6. The Morgan fingerprint density at radius 3 is 2.26 bits per heavy atom. The first-order valence-electron chi connectivity index (χ1n) is 8.19. The standard InChI is InChI=1S/C16H35N3/c1-5-9-18-11-7-15(8-12-18)19(10-6-2)14-16(3,4)13-17/h15H,5-14,17H2,1-4H3. The summed E-state index contributed by atoms with van der Waals surface area (Å²) in [5.74, 6) is 0. The van der Waals surface area contributed by atoms with Crippen molar-refractivity contribution in [1.82, 2.24) is 9.80 Å². The second-order valence-electron chi connectivity index (χ2n) is 6.91. The molecular formula is C16H35N3. The van der Waals surface area contributed by atoms with Crippen LogP contribution in [-0.4, -0.2) is 55.1 Å². The van der Waals surface area contributed by atoms with Gasteiger partial charge in [0.1, 0.15) is 0 Å². The van der Waals surface area contributed by atoms with Gasteiger partial charge in [-0.05, 0) is 63.8 Å². The van der Waals surface area contributed by atoms with E-state index in [1.54, 1.807) is 0 Å². The second-order valence-corrected chi connectivity index (χ2v) is 6.91. The molecule has 3 heteroatoms. The minimum atomic E-state index is 0.246. The van der Waals surface area contributed by atoms with Crippen molar-refractivity contribution in [2.24, 2.45) is 11.1 Å². The highest BCUT2D eigenvalue weighted by Crippen LogP contribution is 2.22. The molecule has 1 rings (SSSR count). The zero-order valence-corrected chi connectivity index (χ0v) is 13.6. The van der Waals surface area contributed by atoms with Gasteiger partial charge in [0.15, 0.2) is 0 Å². The SMILES string of the molecule is CCCN1CCC(N(CCC)CC(C)(C)CN)CC1. The Hall–Kier alpha value is -0.120. The van der Waals surface area contributed by atoms with Crippen molar-refractivity contribution >= 4 is 0 Å². The van der Waals surface area contributed by atoms with Crippen LogP contribution in [0, 0.1) is 5.41 Å². The maximum Gasteiger partial charge on any atom is 0.0120 e. The van der Waals surface area contributed by atoms with Gasteiger partial charge in [-0.15, -0.1) is 0 Å². The molecule has 1 aliphatic heterocycles. The number of likely N-dealkylation sites (tertiary alicyclic amines) is 1. The van der Waals surface area contributed by atoms with Gasteiger partial charge >= 0.3 is 0 Å². The Morgan fingerprint density at radius 2 is 1.79 bits per heavy atom. The smallest absolute Gasteiger partial charge is 0.0120 e. The molecule has 1 aliphatic rings. The Labute approximate surface area is 120 Å². The summed E-state index contributed by atoms with van der Waals surface area (Å²) in [5, 5.41) is 0. The predicted molar refractivity (Wildman–Crippen MR) is 84.5 cm³/mol. The number of nitrogens with zero attached hydrogens (tertiary/aromatic N) is 2. The van der Waals surface area contributed by atoms with E-state index in [1.165, 1.54) is 51.9 Å². The first kappa shape index (κ1) is 16.9. The number of rotatable bonds is 8. The minimum absolute atomic E-state index is 0.246.